The van der Waals surface area contributed by atoms with Crippen LogP contribution >= 0.6 is 0 Å². The lowest BCUT2D eigenvalue weighted by Crippen LogP contribution is -2.25. The van der Waals surface area contributed by atoms with Crippen LogP contribution in [0.1, 0.15) is 27.3 Å². The topological polar surface area (TPSA) is 77.2 Å². The third-order valence-electron chi connectivity index (χ3n) is 3.57. The van der Waals surface area contributed by atoms with E-state index in [1.165, 1.54) is 6.07 Å². The number of para-hydroxylation sites is 1. The van der Waals surface area contributed by atoms with Gasteiger partial charge in [-0.15, -0.1) is 0 Å². The molecule has 0 fully saturated rings. The number of hydrogen-bond acceptors (Lipinski definition) is 3. The fourth-order valence-corrected chi connectivity index (χ4v) is 2.20. The molecule has 6 heteroatoms. The molecule has 1 aromatic heterocycles. The van der Waals surface area contributed by atoms with E-state index in [-0.39, 0.29) is 11.3 Å². The summed E-state index contributed by atoms with van der Waals surface area (Å²) < 4.78 is 1.96. The van der Waals surface area contributed by atoms with Crippen LogP contribution in [0.5, 0.6) is 0 Å². The zero-order valence-electron chi connectivity index (χ0n) is 12.2. The highest BCUT2D eigenvalue weighted by atomic mass is 16.6. The predicted molar refractivity (Wildman–Crippen MR) is 79.2 cm³/mol. The van der Waals surface area contributed by atoms with Gasteiger partial charge in [0.15, 0.2) is 0 Å². The van der Waals surface area contributed by atoms with E-state index in [1.54, 1.807) is 19.1 Å². The van der Waals surface area contributed by atoms with Gasteiger partial charge in [-0.25, -0.2) is 0 Å². The molecule has 1 aromatic carbocycles. The van der Waals surface area contributed by atoms with Crippen molar-refractivity contribution in [2.24, 2.45) is 7.05 Å². The molecule has 0 bridgehead atoms. The maximum absolute atomic E-state index is 12.2. The average Bonchev–Trinajstić information content (AvgIpc) is 2.75. The zero-order valence-corrected chi connectivity index (χ0v) is 12.2. The summed E-state index contributed by atoms with van der Waals surface area (Å²) in [4.78, 5) is 22.8. The van der Waals surface area contributed by atoms with Crippen LogP contribution in [0.25, 0.3) is 0 Å². The first-order valence-corrected chi connectivity index (χ1v) is 6.55. The van der Waals surface area contributed by atoms with E-state index in [1.807, 2.05) is 30.7 Å². The number of rotatable bonds is 4. The van der Waals surface area contributed by atoms with E-state index in [0.717, 1.165) is 11.4 Å². The summed E-state index contributed by atoms with van der Waals surface area (Å²) in [6, 6.07) is 8.60. The second kappa shape index (κ2) is 5.78. The Kier molecular flexibility index (Phi) is 4.07. The highest BCUT2D eigenvalue weighted by Crippen LogP contribution is 2.22. The van der Waals surface area contributed by atoms with Gasteiger partial charge >= 0.3 is 0 Å². The van der Waals surface area contributed by atoms with Gasteiger partial charge in [-0.05, 0) is 32.0 Å². The van der Waals surface area contributed by atoms with Crippen LogP contribution in [0, 0.1) is 24.0 Å². The van der Waals surface area contributed by atoms with Crippen molar-refractivity contribution in [3.8, 4) is 0 Å². The first-order valence-electron chi connectivity index (χ1n) is 6.55. The number of aryl methyl sites for hydroxylation is 2. The maximum atomic E-state index is 12.2. The van der Waals surface area contributed by atoms with Crippen LogP contribution in [0.3, 0.4) is 0 Å². The van der Waals surface area contributed by atoms with Crippen molar-refractivity contribution in [3.05, 3.63) is 63.0 Å². The molecular formula is C15H17N3O3. The second-order valence-corrected chi connectivity index (χ2v) is 4.94. The van der Waals surface area contributed by atoms with E-state index >= 15 is 0 Å². The number of benzene rings is 1. The van der Waals surface area contributed by atoms with Gasteiger partial charge in [-0.3, -0.25) is 14.9 Å². The number of nitro groups is 1. The summed E-state index contributed by atoms with van der Waals surface area (Å²) in [5.74, 6) is -0.441. The van der Waals surface area contributed by atoms with Crippen molar-refractivity contribution in [2.75, 3.05) is 0 Å². The Hall–Kier alpha value is -2.63. The van der Waals surface area contributed by atoms with E-state index in [0.29, 0.717) is 12.1 Å². The van der Waals surface area contributed by atoms with Gasteiger partial charge in [-0.1, -0.05) is 12.1 Å². The first kappa shape index (κ1) is 14.8. The molecule has 1 N–H and O–H groups in total. The molecule has 0 spiro atoms. The molecule has 0 aliphatic heterocycles. The highest BCUT2D eigenvalue weighted by Gasteiger charge is 2.22. The zero-order chi connectivity index (χ0) is 15.6. The van der Waals surface area contributed by atoms with Crippen molar-refractivity contribution in [1.82, 2.24) is 9.88 Å². The van der Waals surface area contributed by atoms with Crippen molar-refractivity contribution in [2.45, 2.75) is 20.4 Å². The molecule has 0 radical (unpaired) electrons. The lowest BCUT2D eigenvalue weighted by atomic mass is 10.1. The molecule has 1 heterocycles. The number of nitrogens with zero attached hydrogens (tertiary/aromatic N) is 2. The summed E-state index contributed by atoms with van der Waals surface area (Å²) in [6.45, 7) is 3.92. The smallest absolute Gasteiger partial charge is 0.285 e. The summed E-state index contributed by atoms with van der Waals surface area (Å²) >= 11 is 0. The Morgan fingerprint density at radius 3 is 2.57 bits per heavy atom. The SMILES string of the molecule is Cc1cccc(C(=O)NCc2ccc(C)n2C)c1[N+](=O)[O-]. The van der Waals surface area contributed by atoms with Gasteiger partial charge in [-0.2, -0.15) is 0 Å². The van der Waals surface area contributed by atoms with Crippen molar-refractivity contribution >= 4 is 11.6 Å². The van der Waals surface area contributed by atoms with Gasteiger partial charge in [0.25, 0.3) is 11.6 Å². The van der Waals surface area contributed by atoms with Gasteiger partial charge in [0.2, 0.25) is 0 Å². The lowest BCUT2D eigenvalue weighted by Gasteiger charge is -2.08. The first-order chi connectivity index (χ1) is 9.91. The largest absolute Gasteiger partial charge is 0.350 e. The Morgan fingerprint density at radius 2 is 2.00 bits per heavy atom. The summed E-state index contributed by atoms with van der Waals surface area (Å²) in [5, 5.41) is 13.8. The van der Waals surface area contributed by atoms with Gasteiger partial charge in [0.05, 0.1) is 11.5 Å². The molecular weight excluding hydrogens is 270 g/mol. The molecule has 0 saturated heterocycles. The third kappa shape index (κ3) is 2.94. The molecule has 6 nitrogen and oxygen atoms in total. The Bertz CT molecular complexity index is 704. The normalized spacial score (nSPS) is 10.4. The number of carbonyl (C=O) groups is 1. The van der Waals surface area contributed by atoms with Crippen LogP contribution < -0.4 is 5.32 Å². The van der Waals surface area contributed by atoms with Crippen LogP contribution in [0.4, 0.5) is 5.69 Å². The standard InChI is InChI=1S/C15H17N3O3/c1-10-5-4-6-13(14(10)18(20)21)15(19)16-9-12-8-7-11(2)17(12)3/h4-8H,9H2,1-3H3,(H,16,19). The van der Waals surface area contributed by atoms with E-state index in [9.17, 15) is 14.9 Å². The quantitative estimate of drug-likeness (QED) is 0.693. The third-order valence-corrected chi connectivity index (χ3v) is 3.57. The minimum absolute atomic E-state index is 0.0888. The molecule has 0 aliphatic carbocycles. The van der Waals surface area contributed by atoms with Gasteiger partial charge in [0.1, 0.15) is 5.56 Å². The van der Waals surface area contributed by atoms with Crippen LogP contribution in [0.15, 0.2) is 30.3 Å². The minimum Gasteiger partial charge on any atom is -0.350 e. The molecule has 2 aromatic rings. The minimum atomic E-state index is -0.517. The Balaban J connectivity index is 2.20. The molecule has 2 rings (SSSR count). The van der Waals surface area contributed by atoms with Crippen LogP contribution in [-0.4, -0.2) is 15.4 Å². The average molecular weight is 287 g/mol. The molecule has 1 amide bonds. The second-order valence-electron chi connectivity index (χ2n) is 4.94. The Labute approximate surface area is 122 Å². The number of aromatic nitrogens is 1. The maximum Gasteiger partial charge on any atom is 0.285 e. The van der Waals surface area contributed by atoms with E-state index in [2.05, 4.69) is 5.32 Å². The fourth-order valence-electron chi connectivity index (χ4n) is 2.20. The summed E-state index contributed by atoms with van der Waals surface area (Å²) in [6.07, 6.45) is 0. The molecule has 110 valence electrons. The van der Waals surface area contributed by atoms with E-state index < -0.39 is 10.8 Å². The van der Waals surface area contributed by atoms with Crippen molar-refractivity contribution < 1.29 is 9.72 Å². The van der Waals surface area contributed by atoms with Gasteiger partial charge in [0, 0.05) is 24.0 Å². The molecule has 0 aliphatic rings. The number of amides is 1. The lowest BCUT2D eigenvalue weighted by molar-refractivity contribution is -0.385. The summed E-state index contributed by atoms with van der Waals surface area (Å²) in [7, 11) is 1.91. The summed E-state index contributed by atoms with van der Waals surface area (Å²) in [5.41, 5.74) is 2.45. The fraction of sp³-hybridized carbons (Fsp3) is 0.267. The number of hydrogen-bond donors (Lipinski definition) is 1. The molecule has 0 atom stereocenters. The number of nitro benzene ring substituents is 1. The highest BCUT2D eigenvalue weighted by molar-refractivity contribution is 5.98. The van der Waals surface area contributed by atoms with E-state index in [4.69, 9.17) is 0 Å². The number of carbonyl (C=O) groups excluding carboxylic acids is 1. The van der Waals surface area contributed by atoms with Gasteiger partial charge < -0.3 is 9.88 Å². The van der Waals surface area contributed by atoms with Crippen LogP contribution in [0.2, 0.25) is 0 Å². The molecule has 0 unspecified atom stereocenters. The predicted octanol–water partition coefficient (Wildman–Crippen LogP) is 2.48. The van der Waals surface area contributed by atoms with Crippen molar-refractivity contribution in [1.29, 1.82) is 0 Å². The molecule has 0 saturated carbocycles. The monoisotopic (exact) mass is 287 g/mol. The number of nitrogens with one attached hydrogen (secondary N) is 1. The van der Waals surface area contributed by atoms with Crippen molar-refractivity contribution in [3.63, 3.8) is 0 Å². The Morgan fingerprint density at radius 1 is 1.29 bits per heavy atom. The van der Waals surface area contributed by atoms with Crippen LogP contribution in [-0.2, 0) is 13.6 Å². The molecule has 21 heavy (non-hydrogen) atoms.